The van der Waals surface area contributed by atoms with E-state index in [0.29, 0.717) is 17.8 Å². The SMILES string of the molecule is Cc1ccc(NCC(C)(C)NS(C)(=O)=O)cc1[N+](=O)[O-]. The van der Waals surface area contributed by atoms with Crippen LogP contribution in [-0.4, -0.2) is 31.7 Å². The Hall–Kier alpha value is -1.67. The van der Waals surface area contributed by atoms with Crippen molar-refractivity contribution in [1.29, 1.82) is 0 Å². The number of anilines is 1. The summed E-state index contributed by atoms with van der Waals surface area (Å²) in [6.45, 7) is 5.42. The third-order valence-corrected chi connectivity index (χ3v) is 3.53. The topological polar surface area (TPSA) is 101 Å². The highest BCUT2D eigenvalue weighted by molar-refractivity contribution is 7.88. The Bertz CT molecular complexity index is 611. The number of nitrogens with zero attached hydrogens (tertiary/aromatic N) is 1. The normalized spacial score (nSPS) is 12.2. The van der Waals surface area contributed by atoms with Crippen LogP contribution in [-0.2, 0) is 10.0 Å². The maximum Gasteiger partial charge on any atom is 0.274 e. The van der Waals surface area contributed by atoms with Gasteiger partial charge in [-0.1, -0.05) is 6.07 Å². The molecule has 112 valence electrons. The summed E-state index contributed by atoms with van der Waals surface area (Å²) >= 11 is 0. The van der Waals surface area contributed by atoms with Crippen LogP contribution in [0.25, 0.3) is 0 Å². The summed E-state index contributed by atoms with van der Waals surface area (Å²) in [6, 6.07) is 4.81. The molecule has 0 heterocycles. The van der Waals surface area contributed by atoms with Crippen LogP contribution in [0, 0.1) is 17.0 Å². The van der Waals surface area contributed by atoms with Gasteiger partial charge in [0.2, 0.25) is 10.0 Å². The summed E-state index contributed by atoms with van der Waals surface area (Å²) in [6.07, 6.45) is 1.09. The molecule has 0 aliphatic carbocycles. The number of benzene rings is 1. The predicted molar refractivity (Wildman–Crippen MR) is 78.4 cm³/mol. The zero-order chi connectivity index (χ0) is 15.6. The van der Waals surface area contributed by atoms with E-state index in [-0.39, 0.29) is 5.69 Å². The highest BCUT2D eigenvalue weighted by Crippen LogP contribution is 2.22. The van der Waals surface area contributed by atoms with Crippen LogP contribution in [0.15, 0.2) is 18.2 Å². The maximum absolute atomic E-state index is 11.2. The molecule has 0 saturated heterocycles. The summed E-state index contributed by atoms with van der Waals surface area (Å²) in [5, 5.41) is 13.8. The van der Waals surface area contributed by atoms with Crippen LogP contribution in [0.4, 0.5) is 11.4 Å². The summed E-state index contributed by atoms with van der Waals surface area (Å²) < 4.78 is 24.9. The van der Waals surface area contributed by atoms with Crippen molar-refractivity contribution in [1.82, 2.24) is 4.72 Å². The first-order valence-corrected chi connectivity index (χ1v) is 7.87. The molecule has 2 N–H and O–H groups in total. The first-order valence-electron chi connectivity index (χ1n) is 5.98. The molecule has 0 atom stereocenters. The molecule has 0 aromatic heterocycles. The van der Waals surface area contributed by atoms with Gasteiger partial charge in [-0.2, -0.15) is 0 Å². The van der Waals surface area contributed by atoms with Crippen molar-refractivity contribution >= 4 is 21.4 Å². The molecule has 0 aliphatic heterocycles. The lowest BCUT2D eigenvalue weighted by molar-refractivity contribution is -0.385. The van der Waals surface area contributed by atoms with Crippen molar-refractivity contribution in [2.75, 3.05) is 18.1 Å². The number of nitrogens with one attached hydrogen (secondary N) is 2. The van der Waals surface area contributed by atoms with Gasteiger partial charge in [0.15, 0.2) is 0 Å². The van der Waals surface area contributed by atoms with Gasteiger partial charge in [-0.3, -0.25) is 10.1 Å². The monoisotopic (exact) mass is 301 g/mol. The Morgan fingerprint density at radius 2 is 1.95 bits per heavy atom. The lowest BCUT2D eigenvalue weighted by Gasteiger charge is -2.25. The Morgan fingerprint density at radius 3 is 2.45 bits per heavy atom. The maximum atomic E-state index is 11.2. The summed E-state index contributed by atoms with van der Waals surface area (Å²) in [5.74, 6) is 0. The average molecular weight is 301 g/mol. The second kappa shape index (κ2) is 5.76. The van der Waals surface area contributed by atoms with Crippen LogP contribution in [0.1, 0.15) is 19.4 Å². The van der Waals surface area contributed by atoms with Crippen molar-refractivity contribution in [2.24, 2.45) is 0 Å². The Labute approximate surface area is 118 Å². The third kappa shape index (κ3) is 5.14. The third-order valence-electron chi connectivity index (χ3n) is 2.60. The quantitative estimate of drug-likeness (QED) is 0.614. The fraction of sp³-hybridized carbons (Fsp3) is 0.500. The molecule has 0 saturated carbocycles. The Kier molecular flexibility index (Phi) is 4.72. The van der Waals surface area contributed by atoms with Crippen molar-refractivity contribution in [3.05, 3.63) is 33.9 Å². The molecule has 0 unspecified atom stereocenters. The van der Waals surface area contributed by atoms with Gasteiger partial charge >= 0.3 is 0 Å². The van der Waals surface area contributed by atoms with Gasteiger partial charge in [0.25, 0.3) is 5.69 Å². The minimum absolute atomic E-state index is 0.0314. The number of nitro benzene ring substituents is 1. The first kappa shape index (κ1) is 16.4. The lowest BCUT2D eigenvalue weighted by atomic mass is 10.1. The highest BCUT2D eigenvalue weighted by atomic mass is 32.2. The molecule has 0 aliphatic rings. The molecule has 1 aromatic carbocycles. The average Bonchev–Trinajstić information content (AvgIpc) is 2.24. The fourth-order valence-corrected chi connectivity index (χ4v) is 2.85. The van der Waals surface area contributed by atoms with Crippen LogP contribution in [0.5, 0.6) is 0 Å². The zero-order valence-electron chi connectivity index (χ0n) is 11.9. The molecule has 0 fully saturated rings. The van der Waals surface area contributed by atoms with Crippen LogP contribution in [0.3, 0.4) is 0 Å². The number of hydrogen-bond acceptors (Lipinski definition) is 5. The van der Waals surface area contributed by atoms with Gasteiger partial charge in [0, 0.05) is 29.4 Å². The fourth-order valence-electron chi connectivity index (χ4n) is 1.78. The number of hydrogen-bond donors (Lipinski definition) is 2. The van der Waals surface area contributed by atoms with E-state index in [2.05, 4.69) is 10.0 Å². The Balaban J connectivity index is 2.80. The molecule has 0 bridgehead atoms. The van der Waals surface area contributed by atoms with E-state index in [9.17, 15) is 18.5 Å². The van der Waals surface area contributed by atoms with Crippen molar-refractivity contribution in [3.63, 3.8) is 0 Å². The van der Waals surface area contributed by atoms with Crippen LogP contribution >= 0.6 is 0 Å². The van der Waals surface area contributed by atoms with E-state index in [0.717, 1.165) is 6.26 Å². The predicted octanol–water partition coefficient (Wildman–Crippen LogP) is 1.64. The highest BCUT2D eigenvalue weighted by Gasteiger charge is 2.22. The van der Waals surface area contributed by atoms with Gasteiger partial charge in [0.05, 0.1) is 11.2 Å². The largest absolute Gasteiger partial charge is 0.383 e. The number of sulfonamides is 1. The van der Waals surface area contributed by atoms with Gasteiger partial charge in [0.1, 0.15) is 0 Å². The van der Waals surface area contributed by atoms with E-state index < -0.39 is 20.5 Å². The van der Waals surface area contributed by atoms with E-state index in [1.165, 1.54) is 6.07 Å². The van der Waals surface area contributed by atoms with Gasteiger partial charge in [-0.25, -0.2) is 13.1 Å². The van der Waals surface area contributed by atoms with E-state index >= 15 is 0 Å². The molecule has 1 aromatic rings. The number of rotatable bonds is 6. The van der Waals surface area contributed by atoms with Crippen LogP contribution in [0.2, 0.25) is 0 Å². The van der Waals surface area contributed by atoms with Gasteiger partial charge in [-0.15, -0.1) is 0 Å². The molecular formula is C12H19N3O4S. The summed E-state index contributed by atoms with van der Waals surface area (Å²) in [4.78, 5) is 10.4. The van der Waals surface area contributed by atoms with Crippen LogP contribution < -0.4 is 10.0 Å². The summed E-state index contributed by atoms with van der Waals surface area (Å²) in [7, 11) is -3.31. The van der Waals surface area contributed by atoms with Crippen molar-refractivity contribution in [3.8, 4) is 0 Å². The molecule has 7 nitrogen and oxygen atoms in total. The molecule has 0 spiro atoms. The molecule has 1 rings (SSSR count). The minimum atomic E-state index is -3.31. The van der Waals surface area contributed by atoms with Crippen molar-refractivity contribution < 1.29 is 13.3 Å². The second-order valence-corrected chi connectivity index (χ2v) is 7.12. The standard InChI is InChI=1S/C12H19N3O4S/c1-9-5-6-10(7-11(9)15(16)17)13-8-12(2,3)14-20(4,18)19/h5-7,13-14H,8H2,1-4H3. The van der Waals surface area contributed by atoms with E-state index in [4.69, 9.17) is 0 Å². The summed E-state index contributed by atoms with van der Waals surface area (Å²) in [5.41, 5.74) is 0.483. The molecule has 20 heavy (non-hydrogen) atoms. The van der Waals surface area contributed by atoms with E-state index in [1.54, 1.807) is 32.9 Å². The lowest BCUT2D eigenvalue weighted by Crippen LogP contribution is -2.47. The minimum Gasteiger partial charge on any atom is -0.383 e. The van der Waals surface area contributed by atoms with Gasteiger partial charge < -0.3 is 5.32 Å². The molecule has 8 heteroatoms. The van der Waals surface area contributed by atoms with Gasteiger partial charge in [-0.05, 0) is 26.8 Å². The zero-order valence-corrected chi connectivity index (χ0v) is 12.7. The smallest absolute Gasteiger partial charge is 0.274 e. The molecular weight excluding hydrogens is 282 g/mol. The molecule has 0 amide bonds. The number of aryl methyl sites for hydroxylation is 1. The molecule has 0 radical (unpaired) electrons. The van der Waals surface area contributed by atoms with Crippen molar-refractivity contribution in [2.45, 2.75) is 26.3 Å². The first-order chi connectivity index (χ1) is 9.00. The number of nitro groups is 1. The second-order valence-electron chi connectivity index (χ2n) is 5.37. The van der Waals surface area contributed by atoms with E-state index in [1.807, 2.05) is 0 Å². The Morgan fingerprint density at radius 1 is 1.35 bits per heavy atom.